The minimum atomic E-state index is -0.510. The van der Waals surface area contributed by atoms with E-state index in [4.69, 9.17) is 11.2 Å². The van der Waals surface area contributed by atoms with Crippen LogP contribution in [0.4, 0.5) is 4.79 Å². The molecule has 0 radical (unpaired) electrons. The molecule has 1 unspecified atom stereocenters. The predicted octanol–water partition coefficient (Wildman–Crippen LogP) is 4.79. The Bertz CT molecular complexity index is 931. The molecule has 3 rings (SSSR count). The molecule has 2 aromatic rings. The van der Waals surface area contributed by atoms with E-state index in [-0.39, 0.29) is 24.0 Å². The smallest absolute Gasteiger partial charge is 0.410 e. The normalized spacial score (nSPS) is 15.6. The number of benzene rings is 2. The largest absolute Gasteiger partial charge is 0.444 e. The quantitative estimate of drug-likeness (QED) is 0.727. The molecule has 2 amide bonds. The molecule has 0 aromatic heterocycles. The maximum Gasteiger partial charge on any atom is 0.410 e. The molecule has 0 bridgehead atoms. The maximum atomic E-state index is 13.0. The van der Waals surface area contributed by atoms with Crippen LogP contribution in [0.15, 0.2) is 54.6 Å². The van der Waals surface area contributed by atoms with Crippen LogP contribution in [0.25, 0.3) is 0 Å². The fourth-order valence-electron chi connectivity index (χ4n) is 3.82. The van der Waals surface area contributed by atoms with Gasteiger partial charge in [-0.2, -0.15) is 0 Å². The van der Waals surface area contributed by atoms with E-state index < -0.39 is 5.60 Å². The Hall–Kier alpha value is -3.26. The standard InChI is InChI=1S/C26H30N2O3/c1-5-19-11-13-22(14-12-19)24(29)27-23(20-9-7-6-8-10-20)21-15-17-28(18-16-21)25(30)31-26(2,3)4/h1,6-14,21,23H,15-18H2,2-4H3,(H,27,29). The van der Waals surface area contributed by atoms with Gasteiger partial charge in [-0.15, -0.1) is 6.42 Å². The second-order valence-electron chi connectivity index (χ2n) is 8.89. The van der Waals surface area contributed by atoms with Crippen LogP contribution >= 0.6 is 0 Å². The zero-order chi connectivity index (χ0) is 22.4. The number of hydrogen-bond acceptors (Lipinski definition) is 3. The van der Waals surface area contributed by atoms with E-state index in [1.165, 1.54) is 0 Å². The Morgan fingerprint density at radius 3 is 2.23 bits per heavy atom. The molecule has 5 heteroatoms. The third kappa shape index (κ3) is 6.11. The van der Waals surface area contributed by atoms with Crippen molar-refractivity contribution in [3.05, 3.63) is 71.3 Å². The first-order chi connectivity index (χ1) is 14.8. The molecule has 2 aromatic carbocycles. The minimum Gasteiger partial charge on any atom is -0.444 e. The zero-order valence-corrected chi connectivity index (χ0v) is 18.4. The molecule has 31 heavy (non-hydrogen) atoms. The highest BCUT2D eigenvalue weighted by molar-refractivity contribution is 5.94. The third-order valence-electron chi connectivity index (χ3n) is 5.42. The summed E-state index contributed by atoms with van der Waals surface area (Å²) in [7, 11) is 0. The van der Waals surface area contributed by atoms with E-state index in [0.717, 1.165) is 24.0 Å². The molecule has 1 saturated heterocycles. The molecule has 1 N–H and O–H groups in total. The van der Waals surface area contributed by atoms with Crippen molar-refractivity contribution in [3.8, 4) is 12.3 Å². The summed E-state index contributed by atoms with van der Waals surface area (Å²) < 4.78 is 5.50. The average Bonchev–Trinajstić information content (AvgIpc) is 2.77. The van der Waals surface area contributed by atoms with Gasteiger partial charge in [0.15, 0.2) is 0 Å². The van der Waals surface area contributed by atoms with Crippen LogP contribution in [0, 0.1) is 18.3 Å². The number of carbonyl (C=O) groups excluding carboxylic acids is 2. The molecule has 162 valence electrons. The van der Waals surface area contributed by atoms with Crippen LogP contribution in [0.3, 0.4) is 0 Å². The summed E-state index contributed by atoms with van der Waals surface area (Å²) in [6.45, 7) is 6.82. The molecular weight excluding hydrogens is 388 g/mol. The topological polar surface area (TPSA) is 58.6 Å². The van der Waals surface area contributed by atoms with Gasteiger partial charge in [0.05, 0.1) is 6.04 Å². The van der Waals surface area contributed by atoms with Crippen LogP contribution in [0.1, 0.15) is 61.1 Å². The first-order valence-corrected chi connectivity index (χ1v) is 10.7. The van der Waals surface area contributed by atoms with Crippen molar-refractivity contribution in [2.45, 2.75) is 45.3 Å². The number of amides is 2. The summed E-state index contributed by atoms with van der Waals surface area (Å²) in [6.07, 6.45) is 6.70. The number of likely N-dealkylation sites (tertiary alicyclic amines) is 1. The van der Waals surface area contributed by atoms with Crippen LogP contribution < -0.4 is 5.32 Å². The fourth-order valence-corrected chi connectivity index (χ4v) is 3.82. The van der Waals surface area contributed by atoms with E-state index in [2.05, 4.69) is 11.2 Å². The lowest BCUT2D eigenvalue weighted by Gasteiger charge is -2.37. The highest BCUT2D eigenvalue weighted by Gasteiger charge is 2.32. The number of piperidine rings is 1. The van der Waals surface area contributed by atoms with E-state index in [1.807, 2.05) is 51.1 Å². The number of hydrogen-bond donors (Lipinski definition) is 1. The van der Waals surface area contributed by atoms with Crippen molar-refractivity contribution in [1.29, 1.82) is 0 Å². The zero-order valence-electron chi connectivity index (χ0n) is 18.4. The van der Waals surface area contributed by atoms with Crippen molar-refractivity contribution in [3.63, 3.8) is 0 Å². The monoisotopic (exact) mass is 418 g/mol. The molecule has 5 nitrogen and oxygen atoms in total. The molecule has 1 heterocycles. The Morgan fingerprint density at radius 1 is 1.06 bits per heavy atom. The van der Waals surface area contributed by atoms with Gasteiger partial charge < -0.3 is 15.0 Å². The van der Waals surface area contributed by atoms with Gasteiger partial charge in [-0.3, -0.25) is 4.79 Å². The third-order valence-corrected chi connectivity index (χ3v) is 5.42. The molecule has 0 saturated carbocycles. The summed E-state index contributed by atoms with van der Waals surface area (Å²) in [5.41, 5.74) is 1.87. The van der Waals surface area contributed by atoms with Gasteiger partial charge in [0.1, 0.15) is 5.60 Å². The number of terminal acetylenes is 1. The van der Waals surface area contributed by atoms with Crippen LogP contribution in [-0.2, 0) is 4.74 Å². The van der Waals surface area contributed by atoms with E-state index >= 15 is 0 Å². The van der Waals surface area contributed by atoms with Crippen LogP contribution in [0.5, 0.6) is 0 Å². The van der Waals surface area contributed by atoms with Gasteiger partial charge in [-0.1, -0.05) is 36.3 Å². The summed E-state index contributed by atoms with van der Waals surface area (Å²) in [4.78, 5) is 27.1. The SMILES string of the molecule is C#Cc1ccc(C(=O)NC(c2ccccc2)C2CCN(C(=O)OC(C)(C)C)CC2)cc1. The van der Waals surface area contributed by atoms with Crippen molar-refractivity contribution in [2.24, 2.45) is 5.92 Å². The summed E-state index contributed by atoms with van der Waals surface area (Å²) in [5.74, 6) is 2.65. The van der Waals surface area contributed by atoms with Crippen molar-refractivity contribution < 1.29 is 14.3 Å². The summed E-state index contributed by atoms with van der Waals surface area (Å²) >= 11 is 0. The molecule has 0 aliphatic carbocycles. The van der Waals surface area contributed by atoms with Gasteiger partial charge in [0.2, 0.25) is 0 Å². The second kappa shape index (κ2) is 9.70. The minimum absolute atomic E-state index is 0.132. The average molecular weight is 419 g/mol. The van der Waals surface area contributed by atoms with Crippen molar-refractivity contribution in [2.75, 3.05) is 13.1 Å². The lowest BCUT2D eigenvalue weighted by atomic mass is 9.85. The first-order valence-electron chi connectivity index (χ1n) is 10.7. The number of nitrogens with one attached hydrogen (secondary N) is 1. The summed E-state index contributed by atoms with van der Waals surface area (Å²) in [6, 6.07) is 16.9. The Morgan fingerprint density at radius 2 is 1.68 bits per heavy atom. The maximum absolute atomic E-state index is 13.0. The number of nitrogens with zero attached hydrogens (tertiary/aromatic N) is 1. The molecule has 1 fully saturated rings. The molecule has 1 aliphatic rings. The van der Waals surface area contributed by atoms with Crippen LogP contribution in [-0.4, -0.2) is 35.6 Å². The van der Waals surface area contributed by atoms with Crippen molar-refractivity contribution >= 4 is 12.0 Å². The van der Waals surface area contributed by atoms with Gasteiger partial charge in [0.25, 0.3) is 5.91 Å². The van der Waals surface area contributed by atoms with E-state index in [0.29, 0.717) is 18.7 Å². The molecule has 1 atom stereocenters. The Balaban J connectivity index is 1.71. The van der Waals surface area contributed by atoms with E-state index in [1.54, 1.807) is 29.2 Å². The predicted molar refractivity (Wildman–Crippen MR) is 122 cm³/mol. The Labute approximate surface area is 184 Å². The second-order valence-corrected chi connectivity index (χ2v) is 8.89. The number of rotatable bonds is 4. The highest BCUT2D eigenvalue weighted by atomic mass is 16.6. The van der Waals surface area contributed by atoms with Gasteiger partial charge in [-0.25, -0.2) is 4.79 Å². The van der Waals surface area contributed by atoms with Crippen LogP contribution in [0.2, 0.25) is 0 Å². The van der Waals surface area contributed by atoms with Gasteiger partial charge >= 0.3 is 6.09 Å². The lowest BCUT2D eigenvalue weighted by molar-refractivity contribution is 0.0167. The van der Waals surface area contributed by atoms with E-state index in [9.17, 15) is 9.59 Å². The lowest BCUT2D eigenvalue weighted by Crippen LogP contribution is -2.44. The summed E-state index contributed by atoms with van der Waals surface area (Å²) in [5, 5.41) is 3.21. The molecular formula is C26H30N2O3. The fraction of sp³-hybridized carbons (Fsp3) is 0.385. The van der Waals surface area contributed by atoms with Crippen molar-refractivity contribution in [1.82, 2.24) is 10.2 Å². The number of ether oxygens (including phenoxy) is 1. The van der Waals surface area contributed by atoms with Gasteiger partial charge in [0, 0.05) is 24.2 Å². The highest BCUT2D eigenvalue weighted by Crippen LogP contribution is 2.31. The molecule has 1 aliphatic heterocycles. The molecule has 0 spiro atoms. The Kier molecular flexibility index (Phi) is 7.02. The van der Waals surface area contributed by atoms with Gasteiger partial charge in [-0.05, 0) is 69.4 Å². The first kappa shape index (κ1) is 22.4. The number of carbonyl (C=O) groups is 2.